The lowest BCUT2D eigenvalue weighted by Crippen LogP contribution is -2.31. The molecule has 1 aliphatic rings. The Hall–Kier alpha value is -1.65. The van der Waals surface area contributed by atoms with E-state index in [1.165, 1.54) is 12.8 Å². The number of anilines is 1. The third kappa shape index (κ3) is 3.42. The largest absolute Gasteiger partial charge is 0.361 e. The summed E-state index contributed by atoms with van der Waals surface area (Å²) in [6.07, 6.45) is 2.49. The number of hydrogen-bond donors (Lipinski definition) is 2. The first-order valence-corrected chi connectivity index (χ1v) is 6.38. The molecule has 98 valence electrons. The van der Waals surface area contributed by atoms with Crippen LogP contribution in [0.4, 0.5) is 5.82 Å². The Balaban J connectivity index is 1.86. The predicted octanol–water partition coefficient (Wildman–Crippen LogP) is 1.34. The first kappa shape index (κ1) is 12.8. The molecule has 1 aromatic rings. The fourth-order valence-corrected chi connectivity index (χ4v) is 1.75. The topological polar surface area (TPSA) is 66.9 Å². The van der Waals surface area contributed by atoms with E-state index in [-0.39, 0.29) is 12.5 Å². The molecular weight excluding hydrogens is 228 g/mol. The molecule has 1 saturated carbocycles. The fraction of sp³-hybridized carbons (Fsp3) is 0.615. The van der Waals surface area contributed by atoms with Gasteiger partial charge in [0.15, 0.2) is 0 Å². The van der Waals surface area contributed by atoms with E-state index in [1.54, 1.807) is 0 Å². The van der Waals surface area contributed by atoms with Gasteiger partial charge in [0.25, 0.3) is 0 Å². The van der Waals surface area contributed by atoms with Crippen molar-refractivity contribution < 1.29 is 4.79 Å². The minimum Gasteiger partial charge on any atom is -0.361 e. The van der Waals surface area contributed by atoms with Crippen LogP contribution >= 0.6 is 0 Å². The summed E-state index contributed by atoms with van der Waals surface area (Å²) in [5.41, 5.74) is 1.94. The molecule has 5 heteroatoms. The molecule has 0 saturated heterocycles. The van der Waals surface area contributed by atoms with Gasteiger partial charge in [-0.25, -0.2) is 9.97 Å². The molecule has 1 fully saturated rings. The van der Waals surface area contributed by atoms with Crippen molar-refractivity contribution >= 4 is 11.7 Å². The average molecular weight is 248 g/mol. The lowest BCUT2D eigenvalue weighted by molar-refractivity contribution is -0.119. The number of aryl methyl sites for hydroxylation is 2. The highest BCUT2D eigenvalue weighted by Gasteiger charge is 2.21. The second kappa shape index (κ2) is 5.33. The van der Waals surface area contributed by atoms with Crippen molar-refractivity contribution in [2.75, 3.05) is 18.4 Å². The summed E-state index contributed by atoms with van der Waals surface area (Å²) in [4.78, 5) is 20.2. The van der Waals surface area contributed by atoms with Crippen molar-refractivity contribution in [1.82, 2.24) is 15.3 Å². The smallest absolute Gasteiger partial charge is 0.239 e. The molecule has 1 amide bonds. The second-order valence-corrected chi connectivity index (χ2v) is 4.93. The summed E-state index contributed by atoms with van der Waals surface area (Å²) in [6.45, 7) is 6.83. The number of nitrogens with zero attached hydrogens (tertiary/aromatic N) is 2. The molecule has 1 aliphatic carbocycles. The summed E-state index contributed by atoms with van der Waals surface area (Å²) in [6, 6.07) is 0. The first-order valence-electron chi connectivity index (χ1n) is 6.38. The van der Waals surface area contributed by atoms with Crippen molar-refractivity contribution in [2.24, 2.45) is 5.92 Å². The monoisotopic (exact) mass is 248 g/mol. The lowest BCUT2D eigenvalue weighted by atomic mass is 10.2. The number of aromatic nitrogens is 2. The molecule has 1 heterocycles. The highest BCUT2D eigenvalue weighted by molar-refractivity contribution is 5.80. The molecule has 1 aromatic heterocycles. The minimum absolute atomic E-state index is 0.0234. The molecule has 0 aliphatic heterocycles. The van der Waals surface area contributed by atoms with Crippen LogP contribution in [-0.4, -0.2) is 29.0 Å². The average Bonchev–Trinajstić information content (AvgIpc) is 3.13. The second-order valence-electron chi connectivity index (χ2n) is 4.93. The predicted molar refractivity (Wildman–Crippen MR) is 70.5 cm³/mol. The normalized spacial score (nSPS) is 14.4. The van der Waals surface area contributed by atoms with Gasteiger partial charge in [0.05, 0.1) is 6.54 Å². The Morgan fingerprint density at radius 1 is 1.28 bits per heavy atom. The zero-order chi connectivity index (χ0) is 13.1. The van der Waals surface area contributed by atoms with Crippen LogP contribution in [0.2, 0.25) is 0 Å². The van der Waals surface area contributed by atoms with Gasteiger partial charge in [-0.2, -0.15) is 0 Å². The van der Waals surface area contributed by atoms with E-state index in [0.717, 1.165) is 29.4 Å². The maximum atomic E-state index is 11.6. The molecule has 2 rings (SSSR count). The molecule has 0 radical (unpaired) electrons. The number of rotatable bonds is 5. The Morgan fingerprint density at radius 3 is 2.67 bits per heavy atom. The van der Waals surface area contributed by atoms with Gasteiger partial charge in [-0.15, -0.1) is 0 Å². The number of hydrogen-bond acceptors (Lipinski definition) is 4. The van der Waals surface area contributed by atoms with Crippen molar-refractivity contribution in [3.8, 4) is 0 Å². The molecule has 0 bridgehead atoms. The summed E-state index contributed by atoms with van der Waals surface area (Å²) < 4.78 is 0. The molecule has 5 nitrogen and oxygen atoms in total. The van der Waals surface area contributed by atoms with Gasteiger partial charge in [0.1, 0.15) is 11.6 Å². The van der Waals surface area contributed by atoms with Gasteiger partial charge < -0.3 is 10.6 Å². The number of nitrogens with one attached hydrogen (secondary N) is 2. The van der Waals surface area contributed by atoms with Crippen LogP contribution in [0.25, 0.3) is 0 Å². The highest BCUT2D eigenvalue weighted by atomic mass is 16.1. The van der Waals surface area contributed by atoms with Crippen LogP contribution in [-0.2, 0) is 4.79 Å². The summed E-state index contributed by atoms with van der Waals surface area (Å²) in [5, 5.41) is 5.99. The van der Waals surface area contributed by atoms with Crippen LogP contribution in [0.15, 0.2) is 0 Å². The van der Waals surface area contributed by atoms with E-state index in [2.05, 4.69) is 20.6 Å². The standard InChI is InChI=1S/C13H20N4O/c1-8-9(2)16-10(3)17-13(8)15-7-12(18)14-6-11-4-5-11/h11H,4-7H2,1-3H3,(H,14,18)(H,15,16,17). The molecule has 0 spiro atoms. The Labute approximate surface area is 107 Å². The third-order valence-corrected chi connectivity index (χ3v) is 3.20. The van der Waals surface area contributed by atoms with E-state index in [4.69, 9.17) is 0 Å². The van der Waals surface area contributed by atoms with E-state index >= 15 is 0 Å². The molecule has 0 atom stereocenters. The van der Waals surface area contributed by atoms with Gasteiger partial charge in [-0.1, -0.05) is 0 Å². The molecular formula is C13H20N4O. The maximum Gasteiger partial charge on any atom is 0.239 e. The molecule has 2 N–H and O–H groups in total. The van der Waals surface area contributed by atoms with E-state index < -0.39 is 0 Å². The van der Waals surface area contributed by atoms with Crippen molar-refractivity contribution in [3.05, 3.63) is 17.1 Å². The van der Waals surface area contributed by atoms with Gasteiger partial charge in [0, 0.05) is 17.8 Å². The minimum atomic E-state index is 0.0234. The van der Waals surface area contributed by atoms with E-state index in [9.17, 15) is 4.79 Å². The van der Waals surface area contributed by atoms with Gasteiger partial charge in [-0.3, -0.25) is 4.79 Å². The van der Waals surface area contributed by atoms with Crippen LogP contribution < -0.4 is 10.6 Å². The van der Waals surface area contributed by atoms with Crippen molar-refractivity contribution in [3.63, 3.8) is 0 Å². The van der Waals surface area contributed by atoms with Gasteiger partial charge in [-0.05, 0) is 39.5 Å². The van der Waals surface area contributed by atoms with Crippen molar-refractivity contribution in [2.45, 2.75) is 33.6 Å². The summed E-state index contributed by atoms with van der Waals surface area (Å²) >= 11 is 0. The van der Waals surface area contributed by atoms with Crippen LogP contribution in [0, 0.1) is 26.7 Å². The highest BCUT2D eigenvalue weighted by Crippen LogP contribution is 2.27. The first-order chi connectivity index (χ1) is 8.56. The summed E-state index contributed by atoms with van der Waals surface area (Å²) in [7, 11) is 0. The zero-order valence-corrected chi connectivity index (χ0v) is 11.2. The summed E-state index contributed by atoms with van der Waals surface area (Å²) in [5.74, 6) is 2.20. The molecule has 0 aromatic carbocycles. The van der Waals surface area contributed by atoms with Gasteiger partial charge >= 0.3 is 0 Å². The quantitative estimate of drug-likeness (QED) is 0.825. The van der Waals surface area contributed by atoms with E-state index in [0.29, 0.717) is 5.92 Å². The molecule has 18 heavy (non-hydrogen) atoms. The maximum absolute atomic E-state index is 11.6. The van der Waals surface area contributed by atoms with Gasteiger partial charge in [0.2, 0.25) is 5.91 Å². The molecule has 0 unspecified atom stereocenters. The SMILES string of the molecule is Cc1nc(C)c(C)c(NCC(=O)NCC2CC2)n1. The van der Waals surface area contributed by atoms with Crippen molar-refractivity contribution in [1.29, 1.82) is 0 Å². The number of amides is 1. The van der Waals surface area contributed by atoms with E-state index in [1.807, 2.05) is 20.8 Å². The lowest BCUT2D eigenvalue weighted by Gasteiger charge is -2.11. The third-order valence-electron chi connectivity index (χ3n) is 3.20. The number of carbonyl (C=O) groups is 1. The number of carbonyl (C=O) groups excluding carboxylic acids is 1. The fourth-order valence-electron chi connectivity index (χ4n) is 1.75. The van der Waals surface area contributed by atoms with Crippen LogP contribution in [0.5, 0.6) is 0 Å². The Morgan fingerprint density at radius 2 is 2.00 bits per heavy atom. The van der Waals surface area contributed by atoms with Crippen LogP contribution in [0.1, 0.15) is 29.9 Å². The zero-order valence-electron chi connectivity index (χ0n) is 11.2. The Kier molecular flexibility index (Phi) is 3.79. The van der Waals surface area contributed by atoms with Crippen LogP contribution in [0.3, 0.4) is 0 Å². The Bertz CT molecular complexity index is 455.